The van der Waals surface area contributed by atoms with Gasteiger partial charge in [0.15, 0.2) is 5.69 Å². The number of alkyl halides is 3. The maximum atomic E-state index is 13.8. The summed E-state index contributed by atoms with van der Waals surface area (Å²) in [7, 11) is 0. The molecule has 0 atom stereocenters. The number of hydrogen-bond donors (Lipinski definition) is 1. The summed E-state index contributed by atoms with van der Waals surface area (Å²) in [5.74, 6) is -0.438. The van der Waals surface area contributed by atoms with Gasteiger partial charge in [-0.2, -0.15) is 18.3 Å². The number of nitrogens with zero attached hydrogens (tertiary/aromatic N) is 4. The Morgan fingerprint density at radius 3 is 2.38 bits per heavy atom. The molecule has 4 rings (SSSR count). The fraction of sp³-hybridized carbons (Fsp3) is 0.304. The van der Waals surface area contributed by atoms with Gasteiger partial charge < -0.3 is 14.9 Å². The molecule has 0 radical (unpaired) electrons. The molecular formula is C23H21BrClF3N4O2. The van der Waals surface area contributed by atoms with Gasteiger partial charge in [-0.25, -0.2) is 4.68 Å². The van der Waals surface area contributed by atoms with E-state index in [0.29, 0.717) is 42.3 Å². The van der Waals surface area contributed by atoms with Crippen LogP contribution in [0.15, 0.2) is 53.0 Å². The second kappa shape index (κ2) is 9.97. The Labute approximate surface area is 207 Å². The van der Waals surface area contributed by atoms with Crippen molar-refractivity contribution in [1.29, 1.82) is 0 Å². The number of aliphatic hydroxyl groups excluding tert-OH is 1. The second-order valence-electron chi connectivity index (χ2n) is 7.83. The van der Waals surface area contributed by atoms with Gasteiger partial charge in [-0.1, -0.05) is 41.9 Å². The summed E-state index contributed by atoms with van der Waals surface area (Å²) < 4.78 is 42.0. The highest BCUT2D eigenvalue weighted by Gasteiger charge is 2.40. The lowest BCUT2D eigenvalue weighted by Crippen LogP contribution is -2.49. The van der Waals surface area contributed by atoms with Crippen LogP contribution >= 0.6 is 27.5 Å². The largest absolute Gasteiger partial charge is 0.434 e. The zero-order valence-electron chi connectivity index (χ0n) is 17.9. The maximum absolute atomic E-state index is 13.8. The lowest BCUT2D eigenvalue weighted by molar-refractivity contribution is -0.146. The van der Waals surface area contributed by atoms with Crippen molar-refractivity contribution in [2.45, 2.75) is 19.3 Å². The summed E-state index contributed by atoms with van der Waals surface area (Å²) in [6.07, 6.45) is -4.68. The van der Waals surface area contributed by atoms with Crippen molar-refractivity contribution >= 4 is 39.1 Å². The molecule has 1 amide bonds. The van der Waals surface area contributed by atoms with Gasteiger partial charge in [0.2, 0.25) is 5.91 Å². The summed E-state index contributed by atoms with van der Waals surface area (Å²) in [6.45, 7) is 1.01. The summed E-state index contributed by atoms with van der Waals surface area (Å²) in [5.41, 5.74) is 1.13. The lowest BCUT2D eigenvalue weighted by Gasteiger charge is -2.36. The van der Waals surface area contributed by atoms with Crippen LogP contribution in [-0.4, -0.2) is 51.9 Å². The third kappa shape index (κ3) is 5.08. The number of amides is 1. The van der Waals surface area contributed by atoms with E-state index in [1.807, 2.05) is 11.0 Å². The fourth-order valence-corrected chi connectivity index (χ4v) is 4.84. The normalized spacial score (nSPS) is 14.5. The Bertz CT molecular complexity index is 1180. The number of hydrogen-bond acceptors (Lipinski definition) is 4. The molecule has 0 bridgehead atoms. The SMILES string of the molecule is O=C(Cn1nc(-c2ccccc2)c(Br)c1C(F)(F)F)N1CCN(c2ccc(Cl)c(CO)c2)CC1. The zero-order chi connectivity index (χ0) is 24.5. The molecule has 1 fully saturated rings. The molecule has 3 aromatic rings. The van der Waals surface area contributed by atoms with E-state index in [1.54, 1.807) is 42.5 Å². The highest BCUT2D eigenvalue weighted by molar-refractivity contribution is 9.10. The number of halogens is 5. The Hall–Kier alpha value is -2.56. The Morgan fingerprint density at radius 1 is 1.09 bits per heavy atom. The van der Waals surface area contributed by atoms with Gasteiger partial charge in [0.1, 0.15) is 12.2 Å². The Balaban J connectivity index is 1.49. The predicted molar refractivity (Wildman–Crippen MR) is 127 cm³/mol. The standard InChI is InChI=1S/C23H21BrClF3N4O2/c24-20-21(15-4-2-1-3-5-15)29-32(22(20)23(26,27)28)13-19(34)31-10-8-30(9-11-31)17-6-7-18(25)16(12-17)14-33/h1-7,12,33H,8-11,13-14H2. The Morgan fingerprint density at radius 2 is 1.76 bits per heavy atom. The number of benzene rings is 2. The number of rotatable bonds is 5. The summed E-state index contributed by atoms with van der Waals surface area (Å²) in [5, 5.41) is 14.0. The monoisotopic (exact) mass is 556 g/mol. The number of aliphatic hydroxyl groups is 1. The topological polar surface area (TPSA) is 61.6 Å². The van der Waals surface area contributed by atoms with E-state index >= 15 is 0 Å². The first-order valence-corrected chi connectivity index (χ1v) is 11.7. The molecule has 11 heteroatoms. The third-order valence-corrected chi connectivity index (χ3v) is 6.81. The van der Waals surface area contributed by atoms with E-state index < -0.39 is 24.3 Å². The van der Waals surface area contributed by atoms with Crippen LogP contribution in [0, 0.1) is 0 Å². The second-order valence-corrected chi connectivity index (χ2v) is 9.03. The Kier molecular flexibility index (Phi) is 7.20. The summed E-state index contributed by atoms with van der Waals surface area (Å²) in [6, 6.07) is 13.8. The highest BCUT2D eigenvalue weighted by Crippen LogP contribution is 2.40. The van der Waals surface area contributed by atoms with Crippen LogP contribution in [0.3, 0.4) is 0 Å². The van der Waals surface area contributed by atoms with Gasteiger partial charge in [-0.05, 0) is 39.7 Å². The van der Waals surface area contributed by atoms with Crippen LogP contribution in [0.4, 0.5) is 18.9 Å². The number of carbonyl (C=O) groups excluding carboxylic acids is 1. The van der Waals surface area contributed by atoms with Crippen LogP contribution in [-0.2, 0) is 24.1 Å². The lowest BCUT2D eigenvalue weighted by atomic mass is 10.1. The average molecular weight is 558 g/mol. The summed E-state index contributed by atoms with van der Waals surface area (Å²) in [4.78, 5) is 16.5. The first kappa shape index (κ1) is 24.6. The molecule has 34 heavy (non-hydrogen) atoms. The minimum Gasteiger partial charge on any atom is -0.392 e. The van der Waals surface area contributed by atoms with Crippen molar-refractivity contribution in [3.05, 3.63) is 69.3 Å². The van der Waals surface area contributed by atoms with E-state index in [4.69, 9.17) is 11.6 Å². The van der Waals surface area contributed by atoms with Crippen LogP contribution in [0.1, 0.15) is 11.3 Å². The van der Waals surface area contributed by atoms with Crippen molar-refractivity contribution in [2.75, 3.05) is 31.1 Å². The third-order valence-electron chi connectivity index (χ3n) is 5.69. The molecule has 180 valence electrons. The van der Waals surface area contributed by atoms with E-state index in [9.17, 15) is 23.1 Å². The van der Waals surface area contributed by atoms with E-state index in [2.05, 4.69) is 21.0 Å². The van der Waals surface area contributed by atoms with Crippen LogP contribution in [0.2, 0.25) is 5.02 Å². The first-order chi connectivity index (χ1) is 16.2. The van der Waals surface area contributed by atoms with Gasteiger partial charge >= 0.3 is 6.18 Å². The molecule has 1 aliphatic heterocycles. The van der Waals surface area contributed by atoms with Crippen molar-refractivity contribution in [3.8, 4) is 11.3 Å². The number of piperazine rings is 1. The minimum absolute atomic E-state index is 0.132. The molecule has 2 aromatic carbocycles. The number of anilines is 1. The molecule has 0 spiro atoms. The maximum Gasteiger partial charge on any atom is 0.434 e. The number of aromatic nitrogens is 2. The molecule has 0 saturated carbocycles. The van der Waals surface area contributed by atoms with Gasteiger partial charge in [0.25, 0.3) is 0 Å². The molecule has 0 aliphatic carbocycles. The molecule has 0 unspecified atom stereocenters. The molecule has 1 N–H and O–H groups in total. The molecular weight excluding hydrogens is 537 g/mol. The fourth-order valence-electron chi connectivity index (χ4n) is 3.93. The molecule has 1 aliphatic rings. The van der Waals surface area contributed by atoms with Gasteiger partial charge in [-0.3, -0.25) is 4.79 Å². The summed E-state index contributed by atoms with van der Waals surface area (Å²) >= 11 is 9.10. The van der Waals surface area contributed by atoms with E-state index in [1.165, 1.54) is 4.90 Å². The van der Waals surface area contributed by atoms with Gasteiger partial charge in [0, 0.05) is 42.5 Å². The highest BCUT2D eigenvalue weighted by atomic mass is 79.9. The molecule has 2 heterocycles. The first-order valence-electron chi connectivity index (χ1n) is 10.5. The molecule has 1 aromatic heterocycles. The van der Waals surface area contributed by atoms with Crippen LogP contribution < -0.4 is 4.90 Å². The number of carbonyl (C=O) groups is 1. The van der Waals surface area contributed by atoms with Crippen LogP contribution in [0.25, 0.3) is 11.3 Å². The van der Waals surface area contributed by atoms with Crippen LogP contribution in [0.5, 0.6) is 0 Å². The minimum atomic E-state index is -4.68. The van der Waals surface area contributed by atoms with E-state index in [-0.39, 0.29) is 16.8 Å². The smallest absolute Gasteiger partial charge is 0.392 e. The van der Waals surface area contributed by atoms with Gasteiger partial charge in [0.05, 0.1) is 11.1 Å². The van der Waals surface area contributed by atoms with Crippen molar-refractivity contribution in [1.82, 2.24) is 14.7 Å². The zero-order valence-corrected chi connectivity index (χ0v) is 20.2. The predicted octanol–water partition coefficient (Wildman–Crippen LogP) is 4.83. The van der Waals surface area contributed by atoms with Gasteiger partial charge in [-0.15, -0.1) is 0 Å². The quantitative estimate of drug-likeness (QED) is 0.489. The van der Waals surface area contributed by atoms with Crippen molar-refractivity contribution in [2.24, 2.45) is 0 Å². The van der Waals surface area contributed by atoms with E-state index in [0.717, 1.165) is 10.4 Å². The van der Waals surface area contributed by atoms with Crippen molar-refractivity contribution in [3.63, 3.8) is 0 Å². The average Bonchev–Trinajstić information content (AvgIpc) is 3.16. The molecule has 6 nitrogen and oxygen atoms in total. The van der Waals surface area contributed by atoms with Crippen molar-refractivity contribution < 1.29 is 23.1 Å². The molecule has 1 saturated heterocycles.